The molecule has 5 heteroatoms. The van der Waals surface area contributed by atoms with Gasteiger partial charge in [-0.2, -0.15) is 0 Å². The lowest BCUT2D eigenvalue weighted by molar-refractivity contribution is -0.115. The first-order valence-corrected chi connectivity index (χ1v) is 9.14. The molecular weight excluding hydrogens is 332 g/mol. The van der Waals surface area contributed by atoms with Crippen LogP contribution in [-0.4, -0.2) is 17.4 Å². The number of primary amides is 1. The van der Waals surface area contributed by atoms with Crippen molar-refractivity contribution in [2.24, 2.45) is 5.73 Å². The first-order chi connectivity index (χ1) is 11.8. The lowest BCUT2D eigenvalue weighted by Crippen LogP contribution is -2.13. The monoisotopic (exact) mass is 356 g/mol. The highest BCUT2D eigenvalue weighted by Crippen LogP contribution is 2.29. The molecule has 1 amide bonds. The van der Waals surface area contributed by atoms with E-state index in [9.17, 15) is 9.59 Å². The van der Waals surface area contributed by atoms with E-state index in [4.69, 9.17) is 5.73 Å². The van der Waals surface area contributed by atoms with Gasteiger partial charge in [0.25, 0.3) is 0 Å². The number of benzene rings is 2. The molecule has 0 bridgehead atoms. The lowest BCUT2D eigenvalue weighted by Gasteiger charge is -2.18. The van der Waals surface area contributed by atoms with Crippen LogP contribution < -0.4 is 11.1 Å². The second kappa shape index (κ2) is 8.21. The van der Waals surface area contributed by atoms with E-state index < -0.39 is 0 Å². The zero-order valence-electron chi connectivity index (χ0n) is 15.1. The highest BCUT2D eigenvalue weighted by molar-refractivity contribution is 8.00. The van der Waals surface area contributed by atoms with Crippen LogP contribution in [0.15, 0.2) is 35.2 Å². The van der Waals surface area contributed by atoms with Crippen molar-refractivity contribution in [3.05, 3.63) is 58.1 Å². The maximum Gasteiger partial charge on any atom is 0.227 e. The van der Waals surface area contributed by atoms with E-state index in [2.05, 4.69) is 18.3 Å². The van der Waals surface area contributed by atoms with Crippen LogP contribution in [0.1, 0.15) is 39.5 Å². The molecule has 2 aromatic carbocycles. The fraction of sp³-hybridized carbons (Fsp3) is 0.300. The summed E-state index contributed by atoms with van der Waals surface area (Å²) in [6, 6.07) is 9.89. The molecule has 3 N–H and O–H groups in total. The Kier molecular flexibility index (Phi) is 6.26. The first-order valence-electron chi connectivity index (χ1n) is 8.16. The molecule has 0 fully saturated rings. The first kappa shape index (κ1) is 19.1. The third-order valence-electron chi connectivity index (χ3n) is 4.20. The van der Waals surface area contributed by atoms with Crippen LogP contribution in [0.3, 0.4) is 0 Å². The van der Waals surface area contributed by atoms with Crippen LogP contribution in [0, 0.1) is 20.8 Å². The number of Topliss-reactive ketones (excluding diaryl/α,β-unsaturated/α-hetero) is 1. The minimum Gasteiger partial charge on any atom is -0.380 e. The fourth-order valence-electron chi connectivity index (χ4n) is 3.11. The number of aryl methyl sites for hydroxylation is 2. The molecule has 0 saturated carbocycles. The van der Waals surface area contributed by atoms with Crippen molar-refractivity contribution in [3.63, 3.8) is 0 Å². The molecule has 0 aromatic heterocycles. The molecule has 0 atom stereocenters. The van der Waals surface area contributed by atoms with Crippen molar-refractivity contribution >= 4 is 29.1 Å². The summed E-state index contributed by atoms with van der Waals surface area (Å²) in [7, 11) is 0. The SMILES string of the molecule is CC(=O)c1c(C)cc(C)c(CNc2ccccc2SCC(N)=O)c1C. The van der Waals surface area contributed by atoms with Crippen molar-refractivity contribution in [1.82, 2.24) is 0 Å². The van der Waals surface area contributed by atoms with Crippen molar-refractivity contribution in [2.75, 3.05) is 11.1 Å². The number of thioether (sulfide) groups is 1. The van der Waals surface area contributed by atoms with E-state index in [0.29, 0.717) is 6.54 Å². The molecule has 0 aliphatic carbocycles. The normalized spacial score (nSPS) is 10.6. The van der Waals surface area contributed by atoms with Gasteiger partial charge in [-0.1, -0.05) is 18.2 Å². The minimum atomic E-state index is -0.337. The number of amides is 1. The number of nitrogens with two attached hydrogens (primary N) is 1. The second-order valence-electron chi connectivity index (χ2n) is 6.15. The number of nitrogens with one attached hydrogen (secondary N) is 1. The maximum absolute atomic E-state index is 12.0. The van der Waals surface area contributed by atoms with Crippen molar-refractivity contribution in [1.29, 1.82) is 0 Å². The van der Waals surface area contributed by atoms with Crippen molar-refractivity contribution in [3.8, 4) is 0 Å². The number of rotatable bonds is 7. The highest BCUT2D eigenvalue weighted by atomic mass is 32.2. The Balaban J connectivity index is 2.27. The molecule has 0 heterocycles. The van der Waals surface area contributed by atoms with E-state index in [1.807, 2.05) is 38.1 Å². The van der Waals surface area contributed by atoms with Crippen LogP contribution in [-0.2, 0) is 11.3 Å². The molecule has 2 aromatic rings. The van der Waals surface area contributed by atoms with Crippen LogP contribution in [0.5, 0.6) is 0 Å². The van der Waals surface area contributed by atoms with Crippen LogP contribution >= 0.6 is 11.8 Å². The zero-order chi connectivity index (χ0) is 18.6. The molecule has 4 nitrogen and oxygen atoms in total. The number of para-hydroxylation sites is 1. The number of hydrogen-bond donors (Lipinski definition) is 2. The summed E-state index contributed by atoms with van der Waals surface area (Å²) in [5, 5.41) is 3.44. The van der Waals surface area contributed by atoms with Crippen molar-refractivity contribution in [2.45, 2.75) is 39.1 Å². The predicted octanol–water partition coefficient (Wildman–Crippen LogP) is 4.00. The second-order valence-corrected chi connectivity index (χ2v) is 7.17. The summed E-state index contributed by atoms with van der Waals surface area (Å²) in [5.74, 6) is 0.000234. The van der Waals surface area contributed by atoms with E-state index in [1.54, 1.807) is 6.92 Å². The van der Waals surface area contributed by atoms with Gasteiger partial charge in [0.15, 0.2) is 5.78 Å². The van der Waals surface area contributed by atoms with Gasteiger partial charge in [-0.3, -0.25) is 9.59 Å². The maximum atomic E-state index is 12.0. The quantitative estimate of drug-likeness (QED) is 0.581. The minimum absolute atomic E-state index is 0.0914. The van der Waals surface area contributed by atoms with Gasteiger partial charge in [-0.15, -0.1) is 11.8 Å². The van der Waals surface area contributed by atoms with Gasteiger partial charge in [0, 0.05) is 22.7 Å². The Morgan fingerprint density at radius 2 is 1.80 bits per heavy atom. The van der Waals surface area contributed by atoms with Gasteiger partial charge >= 0.3 is 0 Å². The van der Waals surface area contributed by atoms with Gasteiger partial charge in [0.1, 0.15) is 0 Å². The predicted molar refractivity (Wildman–Crippen MR) is 104 cm³/mol. The third-order valence-corrected chi connectivity index (χ3v) is 5.29. The summed E-state index contributed by atoms with van der Waals surface area (Å²) in [6.45, 7) is 8.27. The van der Waals surface area contributed by atoms with Gasteiger partial charge in [-0.25, -0.2) is 0 Å². The van der Waals surface area contributed by atoms with Crippen LogP contribution in [0.2, 0.25) is 0 Å². The van der Waals surface area contributed by atoms with Gasteiger partial charge in [-0.05, 0) is 62.1 Å². The summed E-state index contributed by atoms with van der Waals surface area (Å²) in [6.07, 6.45) is 0. The van der Waals surface area contributed by atoms with Crippen LogP contribution in [0.25, 0.3) is 0 Å². The Morgan fingerprint density at radius 3 is 2.44 bits per heavy atom. The number of anilines is 1. The fourth-order valence-corrected chi connectivity index (χ4v) is 3.88. The van der Waals surface area contributed by atoms with E-state index >= 15 is 0 Å². The zero-order valence-corrected chi connectivity index (χ0v) is 15.9. The Labute approximate surface area is 153 Å². The molecule has 0 aliphatic rings. The third kappa shape index (κ3) is 4.63. The molecule has 25 heavy (non-hydrogen) atoms. The molecule has 2 rings (SSSR count). The van der Waals surface area contributed by atoms with Gasteiger partial charge < -0.3 is 11.1 Å². The molecule has 132 valence electrons. The summed E-state index contributed by atoms with van der Waals surface area (Å²) < 4.78 is 0. The summed E-state index contributed by atoms with van der Waals surface area (Å²) >= 11 is 1.42. The Bertz CT molecular complexity index is 816. The Hall–Kier alpha value is -2.27. The smallest absolute Gasteiger partial charge is 0.227 e. The number of carbonyl (C=O) groups excluding carboxylic acids is 2. The number of ketones is 1. The number of hydrogen-bond acceptors (Lipinski definition) is 4. The summed E-state index contributed by atoms with van der Waals surface area (Å²) in [4.78, 5) is 24.0. The highest BCUT2D eigenvalue weighted by Gasteiger charge is 2.14. The Morgan fingerprint density at radius 1 is 1.12 bits per heavy atom. The molecule has 0 aliphatic heterocycles. The number of carbonyl (C=O) groups is 2. The van der Waals surface area contributed by atoms with E-state index in [0.717, 1.165) is 38.4 Å². The lowest BCUT2D eigenvalue weighted by atomic mass is 9.91. The molecule has 0 spiro atoms. The molecule has 0 saturated heterocycles. The average Bonchev–Trinajstić information content (AvgIpc) is 2.52. The van der Waals surface area contributed by atoms with Gasteiger partial charge in [0.05, 0.1) is 5.75 Å². The molecular formula is C20H24N2O2S. The van der Waals surface area contributed by atoms with E-state index in [-0.39, 0.29) is 17.4 Å². The average molecular weight is 356 g/mol. The molecule has 0 radical (unpaired) electrons. The van der Waals surface area contributed by atoms with Crippen molar-refractivity contribution < 1.29 is 9.59 Å². The standard InChI is InChI=1S/C20H24N2O2S/c1-12-9-13(2)20(15(4)23)14(3)16(12)10-22-17-7-5-6-8-18(17)25-11-19(21)24/h5-9,22H,10-11H2,1-4H3,(H2,21,24). The summed E-state index contributed by atoms with van der Waals surface area (Å²) in [5.41, 5.74) is 11.3. The topological polar surface area (TPSA) is 72.2 Å². The van der Waals surface area contributed by atoms with E-state index in [1.165, 1.54) is 11.8 Å². The largest absolute Gasteiger partial charge is 0.380 e. The molecule has 0 unspecified atom stereocenters. The van der Waals surface area contributed by atoms with Gasteiger partial charge in [0.2, 0.25) is 5.91 Å². The van der Waals surface area contributed by atoms with Crippen LogP contribution in [0.4, 0.5) is 5.69 Å².